The molecule has 0 spiro atoms. The fourth-order valence-corrected chi connectivity index (χ4v) is 4.55. The standard InChI is InChI=1S/C27H28N4O4/c1-30(16-19-8-7-18-5-3-6-24(32)26(18)29-19)13-4-14-31-17-25(35-27(31)33)21-11-12-28-23-10-9-20(34-2)15-22(21)23/h3,5-12,15,25,32H,4,13-14,16-17H2,1-2H3/t25-/m0/s1. The number of amides is 1. The lowest BCUT2D eigenvalue weighted by molar-refractivity contribution is 0.132. The predicted octanol–water partition coefficient (Wildman–Crippen LogP) is 4.51. The lowest BCUT2D eigenvalue weighted by Gasteiger charge is -2.19. The monoisotopic (exact) mass is 472 g/mol. The number of carbonyl (C=O) groups is 1. The van der Waals surface area contributed by atoms with E-state index in [4.69, 9.17) is 9.47 Å². The number of rotatable bonds is 8. The number of carbonyl (C=O) groups excluding carboxylic acids is 1. The molecule has 1 fully saturated rings. The fourth-order valence-electron chi connectivity index (χ4n) is 4.55. The number of aromatic nitrogens is 2. The van der Waals surface area contributed by atoms with Crippen LogP contribution in [0, 0.1) is 0 Å². The van der Waals surface area contributed by atoms with Gasteiger partial charge in [-0.05, 0) is 56.4 Å². The Kier molecular flexibility index (Phi) is 6.37. The van der Waals surface area contributed by atoms with E-state index in [0.717, 1.165) is 46.3 Å². The molecule has 180 valence electrons. The Bertz CT molecular complexity index is 1380. The Balaban J connectivity index is 1.18. The van der Waals surface area contributed by atoms with E-state index in [1.54, 1.807) is 24.3 Å². The zero-order chi connectivity index (χ0) is 24.4. The Hall–Kier alpha value is -3.91. The number of benzene rings is 2. The maximum Gasteiger partial charge on any atom is 0.410 e. The summed E-state index contributed by atoms with van der Waals surface area (Å²) < 4.78 is 11.1. The van der Waals surface area contributed by atoms with Gasteiger partial charge in [0.25, 0.3) is 0 Å². The highest BCUT2D eigenvalue weighted by molar-refractivity contribution is 5.85. The summed E-state index contributed by atoms with van der Waals surface area (Å²) in [6.45, 7) is 2.56. The SMILES string of the molecule is COc1ccc2nccc([C@@H]3CN(CCCN(C)Cc4ccc5cccc(O)c5n4)C(=O)O3)c2c1. The van der Waals surface area contributed by atoms with E-state index in [1.807, 2.05) is 55.6 Å². The highest BCUT2D eigenvalue weighted by Gasteiger charge is 2.33. The predicted molar refractivity (Wildman–Crippen MR) is 133 cm³/mol. The smallest absolute Gasteiger partial charge is 0.410 e. The normalized spacial score (nSPS) is 15.8. The van der Waals surface area contributed by atoms with Crippen molar-refractivity contribution in [1.29, 1.82) is 0 Å². The van der Waals surface area contributed by atoms with Gasteiger partial charge in [-0.3, -0.25) is 4.98 Å². The Morgan fingerprint density at radius 3 is 2.94 bits per heavy atom. The number of methoxy groups -OCH3 is 1. The molecule has 5 rings (SSSR count). The van der Waals surface area contributed by atoms with Crippen LogP contribution in [0.15, 0.2) is 60.8 Å². The van der Waals surface area contributed by atoms with Crippen LogP contribution in [0.4, 0.5) is 4.79 Å². The zero-order valence-corrected chi connectivity index (χ0v) is 19.8. The molecule has 1 N–H and O–H groups in total. The summed E-state index contributed by atoms with van der Waals surface area (Å²) >= 11 is 0. The van der Waals surface area contributed by atoms with E-state index < -0.39 is 0 Å². The van der Waals surface area contributed by atoms with Crippen molar-refractivity contribution in [3.63, 3.8) is 0 Å². The van der Waals surface area contributed by atoms with Gasteiger partial charge >= 0.3 is 6.09 Å². The van der Waals surface area contributed by atoms with E-state index in [-0.39, 0.29) is 17.9 Å². The average Bonchev–Trinajstić information content (AvgIpc) is 3.23. The van der Waals surface area contributed by atoms with Gasteiger partial charge in [0.2, 0.25) is 0 Å². The first-order valence-corrected chi connectivity index (χ1v) is 11.7. The lowest BCUT2D eigenvalue weighted by atomic mass is 10.0. The minimum Gasteiger partial charge on any atom is -0.506 e. The number of ether oxygens (including phenoxy) is 2. The average molecular weight is 473 g/mol. The van der Waals surface area contributed by atoms with Crippen molar-refractivity contribution in [3.8, 4) is 11.5 Å². The maximum atomic E-state index is 12.6. The molecule has 3 heterocycles. The summed E-state index contributed by atoms with van der Waals surface area (Å²) in [4.78, 5) is 25.5. The molecular weight excluding hydrogens is 444 g/mol. The van der Waals surface area contributed by atoms with Gasteiger partial charge in [-0.25, -0.2) is 9.78 Å². The summed E-state index contributed by atoms with van der Waals surface area (Å²) in [5, 5.41) is 11.9. The van der Waals surface area contributed by atoms with Crippen LogP contribution in [0.5, 0.6) is 11.5 Å². The number of fused-ring (bicyclic) bond motifs is 2. The third kappa shape index (κ3) is 4.83. The van der Waals surface area contributed by atoms with Gasteiger partial charge in [0, 0.05) is 35.6 Å². The van der Waals surface area contributed by atoms with Crippen LogP contribution in [0.2, 0.25) is 0 Å². The first-order chi connectivity index (χ1) is 17.0. The molecule has 2 aromatic heterocycles. The molecule has 1 saturated heterocycles. The molecule has 1 aliphatic rings. The highest BCUT2D eigenvalue weighted by Crippen LogP contribution is 2.32. The van der Waals surface area contributed by atoms with Crippen LogP contribution in [-0.4, -0.2) is 64.8 Å². The maximum absolute atomic E-state index is 12.6. The quantitative estimate of drug-likeness (QED) is 0.404. The molecule has 8 heteroatoms. The van der Waals surface area contributed by atoms with E-state index in [2.05, 4.69) is 14.9 Å². The van der Waals surface area contributed by atoms with Crippen molar-refractivity contribution in [2.75, 3.05) is 33.8 Å². The van der Waals surface area contributed by atoms with Gasteiger partial charge in [-0.2, -0.15) is 0 Å². The Morgan fingerprint density at radius 2 is 2.09 bits per heavy atom. The molecule has 8 nitrogen and oxygen atoms in total. The van der Waals surface area contributed by atoms with Crippen molar-refractivity contribution in [2.24, 2.45) is 0 Å². The summed E-state index contributed by atoms with van der Waals surface area (Å²) in [6, 6.07) is 17.0. The second-order valence-electron chi connectivity index (χ2n) is 8.84. The van der Waals surface area contributed by atoms with E-state index in [0.29, 0.717) is 25.2 Å². The largest absolute Gasteiger partial charge is 0.506 e. The van der Waals surface area contributed by atoms with Crippen molar-refractivity contribution < 1.29 is 19.4 Å². The fraction of sp³-hybridized carbons (Fsp3) is 0.296. The third-order valence-corrected chi connectivity index (χ3v) is 6.37. The molecule has 35 heavy (non-hydrogen) atoms. The number of cyclic esters (lactones) is 1. The number of hydrogen-bond donors (Lipinski definition) is 1. The number of pyridine rings is 2. The van der Waals surface area contributed by atoms with Gasteiger partial charge in [-0.15, -0.1) is 0 Å². The summed E-state index contributed by atoms with van der Waals surface area (Å²) in [6.07, 6.45) is 1.92. The molecule has 2 aromatic carbocycles. The number of nitrogens with zero attached hydrogens (tertiary/aromatic N) is 4. The molecule has 0 unspecified atom stereocenters. The van der Waals surface area contributed by atoms with Gasteiger partial charge in [-0.1, -0.05) is 18.2 Å². The van der Waals surface area contributed by atoms with Crippen LogP contribution >= 0.6 is 0 Å². The number of para-hydroxylation sites is 1. The number of phenols is 1. The molecular formula is C27H28N4O4. The Labute approximate surface area is 203 Å². The number of aromatic hydroxyl groups is 1. The van der Waals surface area contributed by atoms with E-state index in [1.165, 1.54) is 0 Å². The highest BCUT2D eigenvalue weighted by atomic mass is 16.6. The number of phenolic OH excluding ortho intramolecular Hbond substituents is 1. The van der Waals surface area contributed by atoms with Gasteiger partial charge in [0.05, 0.1) is 24.9 Å². The van der Waals surface area contributed by atoms with Crippen LogP contribution in [0.1, 0.15) is 23.8 Å². The lowest BCUT2D eigenvalue weighted by Crippen LogP contribution is -2.29. The molecule has 0 bridgehead atoms. The van der Waals surface area contributed by atoms with Crippen LogP contribution < -0.4 is 4.74 Å². The van der Waals surface area contributed by atoms with Gasteiger partial charge in [0.1, 0.15) is 23.1 Å². The second-order valence-corrected chi connectivity index (χ2v) is 8.84. The zero-order valence-electron chi connectivity index (χ0n) is 19.8. The topological polar surface area (TPSA) is 88.0 Å². The van der Waals surface area contributed by atoms with E-state index >= 15 is 0 Å². The van der Waals surface area contributed by atoms with Crippen molar-refractivity contribution in [1.82, 2.24) is 19.8 Å². The first-order valence-electron chi connectivity index (χ1n) is 11.7. The molecule has 1 atom stereocenters. The minimum absolute atomic E-state index is 0.189. The van der Waals surface area contributed by atoms with Crippen molar-refractivity contribution in [2.45, 2.75) is 19.1 Å². The second kappa shape index (κ2) is 9.76. The molecule has 0 radical (unpaired) electrons. The minimum atomic E-state index is -0.340. The summed E-state index contributed by atoms with van der Waals surface area (Å²) in [7, 11) is 3.66. The first kappa shape index (κ1) is 22.9. The van der Waals surface area contributed by atoms with Crippen molar-refractivity contribution >= 4 is 27.9 Å². The molecule has 1 aliphatic heterocycles. The molecule has 0 saturated carbocycles. The van der Waals surface area contributed by atoms with Crippen LogP contribution in [0.3, 0.4) is 0 Å². The van der Waals surface area contributed by atoms with Crippen LogP contribution in [0.25, 0.3) is 21.8 Å². The Morgan fingerprint density at radius 1 is 1.20 bits per heavy atom. The summed E-state index contributed by atoms with van der Waals surface area (Å²) in [5.74, 6) is 0.932. The van der Waals surface area contributed by atoms with E-state index in [9.17, 15) is 9.90 Å². The van der Waals surface area contributed by atoms with Gasteiger partial charge in [0.15, 0.2) is 0 Å². The summed E-state index contributed by atoms with van der Waals surface area (Å²) in [5.41, 5.74) is 3.29. The van der Waals surface area contributed by atoms with Gasteiger partial charge < -0.3 is 24.4 Å². The molecule has 1 amide bonds. The molecule has 0 aliphatic carbocycles. The third-order valence-electron chi connectivity index (χ3n) is 6.37. The number of hydrogen-bond acceptors (Lipinski definition) is 7. The van der Waals surface area contributed by atoms with Crippen molar-refractivity contribution in [3.05, 3.63) is 72.1 Å². The van der Waals surface area contributed by atoms with Crippen LogP contribution in [-0.2, 0) is 11.3 Å². The molecule has 4 aromatic rings.